The predicted octanol–water partition coefficient (Wildman–Crippen LogP) is 1.27. The number of hydrogen-bond donors (Lipinski definition) is 0. The van der Waals surface area contributed by atoms with Gasteiger partial charge in [0.15, 0.2) is 0 Å². The summed E-state index contributed by atoms with van der Waals surface area (Å²) in [5.74, 6) is 0.647. The number of hydrogen-bond acceptors (Lipinski definition) is 2. The average Bonchev–Trinajstić information content (AvgIpc) is 2.50. The predicted molar refractivity (Wildman–Crippen MR) is 42.4 cm³/mol. The van der Waals surface area contributed by atoms with E-state index in [1.54, 1.807) is 12.4 Å². The number of rotatable bonds is 2. The Hall–Kier alpha value is -1.38. The molecule has 3 nitrogen and oxygen atoms in total. The molecule has 3 heteroatoms. The summed E-state index contributed by atoms with van der Waals surface area (Å²) < 4.78 is 1.49. The van der Waals surface area contributed by atoms with E-state index >= 15 is 0 Å². The van der Waals surface area contributed by atoms with E-state index in [0.29, 0.717) is 0 Å². The van der Waals surface area contributed by atoms with Crippen molar-refractivity contribution in [1.29, 1.82) is 0 Å². The standard InChI is InChI=1S/C8H10N2O/c1-3-7-9-5-6-10(7)8(11)4-2/h4-6H,2-3H2,1H3. The summed E-state index contributed by atoms with van der Waals surface area (Å²) in [5, 5.41) is 0. The highest BCUT2D eigenvalue weighted by Crippen LogP contribution is 1.97. The Kier molecular flexibility index (Phi) is 2.21. The number of carbonyl (C=O) groups excluding carboxylic acids is 1. The van der Waals surface area contributed by atoms with Crippen LogP contribution in [0.2, 0.25) is 0 Å². The Morgan fingerprint density at radius 1 is 1.91 bits per heavy atom. The quantitative estimate of drug-likeness (QED) is 0.595. The zero-order valence-corrected chi connectivity index (χ0v) is 6.45. The van der Waals surface area contributed by atoms with Crippen LogP contribution in [0.3, 0.4) is 0 Å². The van der Waals surface area contributed by atoms with E-state index in [4.69, 9.17) is 0 Å². The molecular formula is C8H10N2O. The molecule has 0 saturated heterocycles. The SMILES string of the molecule is C=CC(=O)n1ccnc1CC. The Balaban J connectivity index is 3.01. The molecule has 1 rings (SSSR count). The molecule has 0 aliphatic rings. The van der Waals surface area contributed by atoms with Crippen LogP contribution in [0.4, 0.5) is 0 Å². The Morgan fingerprint density at radius 2 is 2.64 bits per heavy atom. The van der Waals surface area contributed by atoms with Crippen molar-refractivity contribution in [2.45, 2.75) is 13.3 Å². The largest absolute Gasteiger partial charge is 0.270 e. The van der Waals surface area contributed by atoms with Crippen molar-refractivity contribution in [3.8, 4) is 0 Å². The number of carbonyl (C=O) groups is 1. The van der Waals surface area contributed by atoms with E-state index in [0.717, 1.165) is 12.2 Å². The molecule has 0 amide bonds. The first-order valence-corrected chi connectivity index (χ1v) is 3.48. The van der Waals surface area contributed by atoms with Crippen molar-refractivity contribution < 1.29 is 4.79 Å². The molecular weight excluding hydrogens is 140 g/mol. The van der Waals surface area contributed by atoms with Crippen LogP contribution in [-0.4, -0.2) is 15.5 Å². The zero-order valence-electron chi connectivity index (χ0n) is 6.45. The molecule has 0 aliphatic heterocycles. The average molecular weight is 150 g/mol. The van der Waals surface area contributed by atoms with Gasteiger partial charge in [-0.25, -0.2) is 4.98 Å². The fourth-order valence-corrected chi connectivity index (χ4v) is 0.895. The monoisotopic (exact) mass is 150 g/mol. The van der Waals surface area contributed by atoms with Crippen molar-refractivity contribution in [1.82, 2.24) is 9.55 Å². The van der Waals surface area contributed by atoms with Crippen molar-refractivity contribution in [3.63, 3.8) is 0 Å². The number of nitrogens with zero attached hydrogens (tertiary/aromatic N) is 2. The van der Waals surface area contributed by atoms with E-state index < -0.39 is 0 Å². The molecule has 0 radical (unpaired) electrons. The van der Waals surface area contributed by atoms with Crippen LogP contribution >= 0.6 is 0 Å². The van der Waals surface area contributed by atoms with Gasteiger partial charge in [-0.2, -0.15) is 0 Å². The third-order valence-electron chi connectivity index (χ3n) is 1.45. The van der Waals surface area contributed by atoms with Gasteiger partial charge < -0.3 is 0 Å². The maximum absolute atomic E-state index is 11.1. The molecule has 1 aromatic heterocycles. The molecule has 0 aliphatic carbocycles. The number of aryl methyl sites for hydroxylation is 1. The van der Waals surface area contributed by atoms with Gasteiger partial charge in [0, 0.05) is 18.8 Å². The number of imidazole rings is 1. The van der Waals surface area contributed by atoms with Gasteiger partial charge in [-0.3, -0.25) is 9.36 Å². The van der Waals surface area contributed by atoms with Gasteiger partial charge in [0.2, 0.25) is 0 Å². The minimum atomic E-state index is -0.126. The van der Waals surface area contributed by atoms with Gasteiger partial charge in [0.1, 0.15) is 5.82 Å². The second-order valence-corrected chi connectivity index (χ2v) is 2.11. The molecule has 0 aromatic carbocycles. The van der Waals surface area contributed by atoms with Crippen LogP contribution in [0.25, 0.3) is 0 Å². The fourth-order valence-electron chi connectivity index (χ4n) is 0.895. The number of aromatic nitrogens is 2. The molecule has 0 unspecified atom stereocenters. The van der Waals surface area contributed by atoms with E-state index in [1.165, 1.54) is 10.6 Å². The summed E-state index contributed by atoms with van der Waals surface area (Å²) in [6.07, 6.45) is 5.29. The van der Waals surface area contributed by atoms with Crippen molar-refractivity contribution in [2.24, 2.45) is 0 Å². The molecule has 0 fully saturated rings. The van der Waals surface area contributed by atoms with Gasteiger partial charge >= 0.3 is 0 Å². The summed E-state index contributed by atoms with van der Waals surface area (Å²) in [6.45, 7) is 5.35. The van der Waals surface area contributed by atoms with Gasteiger partial charge in [0.05, 0.1) is 0 Å². The lowest BCUT2D eigenvalue weighted by Crippen LogP contribution is -2.09. The fraction of sp³-hybridized carbons (Fsp3) is 0.250. The molecule has 0 saturated carbocycles. The van der Waals surface area contributed by atoms with E-state index in [-0.39, 0.29) is 5.91 Å². The molecule has 0 atom stereocenters. The van der Waals surface area contributed by atoms with Crippen molar-refractivity contribution in [3.05, 3.63) is 30.9 Å². The van der Waals surface area contributed by atoms with Crippen LogP contribution in [0, 0.1) is 0 Å². The second-order valence-electron chi connectivity index (χ2n) is 2.11. The highest BCUT2D eigenvalue weighted by atomic mass is 16.1. The van der Waals surface area contributed by atoms with Gasteiger partial charge in [-0.1, -0.05) is 13.5 Å². The van der Waals surface area contributed by atoms with Gasteiger partial charge in [-0.15, -0.1) is 0 Å². The topological polar surface area (TPSA) is 34.9 Å². The normalized spacial score (nSPS) is 9.55. The molecule has 11 heavy (non-hydrogen) atoms. The minimum Gasteiger partial charge on any atom is -0.270 e. The highest BCUT2D eigenvalue weighted by molar-refractivity contribution is 5.89. The minimum absolute atomic E-state index is 0.126. The Labute approximate surface area is 65.4 Å². The summed E-state index contributed by atoms with van der Waals surface area (Å²) in [6, 6.07) is 0. The van der Waals surface area contributed by atoms with Gasteiger partial charge in [0.25, 0.3) is 5.91 Å². The third kappa shape index (κ3) is 1.37. The van der Waals surface area contributed by atoms with E-state index in [1.807, 2.05) is 6.92 Å². The Bertz CT molecular complexity index is 275. The van der Waals surface area contributed by atoms with Crippen molar-refractivity contribution >= 4 is 5.91 Å². The van der Waals surface area contributed by atoms with Crippen LogP contribution in [0.15, 0.2) is 25.0 Å². The van der Waals surface area contributed by atoms with Crippen LogP contribution < -0.4 is 0 Å². The first-order chi connectivity index (χ1) is 5.29. The highest BCUT2D eigenvalue weighted by Gasteiger charge is 2.03. The van der Waals surface area contributed by atoms with Gasteiger partial charge in [-0.05, 0) is 6.08 Å². The lowest BCUT2D eigenvalue weighted by atomic mass is 10.4. The smallest absolute Gasteiger partial charge is 0.255 e. The molecule has 1 aromatic rings. The van der Waals surface area contributed by atoms with Crippen LogP contribution in [0.5, 0.6) is 0 Å². The summed E-state index contributed by atoms with van der Waals surface area (Å²) in [4.78, 5) is 15.1. The molecule has 0 N–H and O–H groups in total. The molecule has 58 valence electrons. The second kappa shape index (κ2) is 3.14. The van der Waals surface area contributed by atoms with Crippen LogP contribution in [0.1, 0.15) is 17.5 Å². The van der Waals surface area contributed by atoms with E-state index in [2.05, 4.69) is 11.6 Å². The number of allylic oxidation sites excluding steroid dienone is 1. The van der Waals surface area contributed by atoms with Crippen LogP contribution in [-0.2, 0) is 6.42 Å². The third-order valence-corrected chi connectivity index (χ3v) is 1.45. The van der Waals surface area contributed by atoms with E-state index in [9.17, 15) is 4.79 Å². The lowest BCUT2D eigenvalue weighted by molar-refractivity contribution is 0.0966. The maximum Gasteiger partial charge on any atom is 0.255 e. The Morgan fingerprint density at radius 3 is 3.18 bits per heavy atom. The maximum atomic E-state index is 11.1. The summed E-state index contributed by atoms with van der Waals surface area (Å²) in [7, 11) is 0. The molecule has 0 spiro atoms. The molecule has 1 heterocycles. The first-order valence-electron chi connectivity index (χ1n) is 3.48. The molecule has 0 bridgehead atoms. The zero-order chi connectivity index (χ0) is 8.27. The first kappa shape index (κ1) is 7.72. The lowest BCUT2D eigenvalue weighted by Gasteiger charge is -1.98. The van der Waals surface area contributed by atoms with Crippen molar-refractivity contribution in [2.75, 3.05) is 0 Å². The summed E-state index contributed by atoms with van der Waals surface area (Å²) in [5.41, 5.74) is 0. The summed E-state index contributed by atoms with van der Waals surface area (Å²) >= 11 is 0.